The SMILES string of the molecule is CCCN(C(=O)CCc1nc(-c2ccc(Cl)cc2)no1)C1CCNCC1. The van der Waals surface area contributed by atoms with Gasteiger partial charge < -0.3 is 14.7 Å². The van der Waals surface area contributed by atoms with Gasteiger partial charge >= 0.3 is 0 Å². The van der Waals surface area contributed by atoms with Crippen molar-refractivity contribution in [3.05, 3.63) is 35.2 Å². The second-order valence-electron chi connectivity index (χ2n) is 6.59. The Morgan fingerprint density at radius 3 is 2.73 bits per heavy atom. The fraction of sp³-hybridized carbons (Fsp3) is 0.526. The van der Waals surface area contributed by atoms with E-state index in [-0.39, 0.29) is 5.91 Å². The Morgan fingerprint density at radius 1 is 1.31 bits per heavy atom. The van der Waals surface area contributed by atoms with Crippen LogP contribution in [0.15, 0.2) is 28.8 Å². The lowest BCUT2D eigenvalue weighted by atomic mass is 10.0. The molecule has 0 bridgehead atoms. The van der Waals surface area contributed by atoms with Crippen LogP contribution in [0.25, 0.3) is 11.4 Å². The average molecular weight is 377 g/mol. The summed E-state index contributed by atoms with van der Waals surface area (Å²) in [6, 6.07) is 7.62. The summed E-state index contributed by atoms with van der Waals surface area (Å²) in [5, 5.41) is 8.02. The van der Waals surface area contributed by atoms with Crippen molar-refractivity contribution in [2.75, 3.05) is 19.6 Å². The lowest BCUT2D eigenvalue weighted by Crippen LogP contribution is -2.46. The summed E-state index contributed by atoms with van der Waals surface area (Å²) in [6.45, 7) is 4.87. The van der Waals surface area contributed by atoms with Crippen LogP contribution in [0.2, 0.25) is 5.02 Å². The third kappa shape index (κ3) is 4.83. The topological polar surface area (TPSA) is 71.3 Å². The quantitative estimate of drug-likeness (QED) is 0.802. The molecule has 7 heteroatoms. The molecule has 1 aromatic carbocycles. The summed E-state index contributed by atoms with van der Waals surface area (Å²) >= 11 is 5.90. The molecule has 140 valence electrons. The van der Waals surface area contributed by atoms with E-state index in [0.29, 0.717) is 35.6 Å². The highest BCUT2D eigenvalue weighted by Gasteiger charge is 2.24. The van der Waals surface area contributed by atoms with Crippen molar-refractivity contribution in [2.45, 2.75) is 45.1 Å². The fourth-order valence-corrected chi connectivity index (χ4v) is 3.43. The van der Waals surface area contributed by atoms with E-state index < -0.39 is 0 Å². The fourth-order valence-electron chi connectivity index (χ4n) is 3.30. The number of hydrogen-bond donors (Lipinski definition) is 1. The van der Waals surface area contributed by atoms with Crippen molar-refractivity contribution in [3.8, 4) is 11.4 Å². The minimum absolute atomic E-state index is 0.171. The van der Waals surface area contributed by atoms with Gasteiger partial charge in [-0.05, 0) is 56.6 Å². The zero-order valence-electron chi connectivity index (χ0n) is 15.1. The number of aryl methyl sites for hydroxylation is 1. The predicted molar refractivity (Wildman–Crippen MR) is 101 cm³/mol. The Hall–Kier alpha value is -1.92. The molecule has 1 saturated heterocycles. The Morgan fingerprint density at radius 2 is 2.04 bits per heavy atom. The molecule has 1 aliphatic rings. The number of hydrogen-bond acceptors (Lipinski definition) is 5. The Kier molecular flexibility index (Phi) is 6.63. The van der Waals surface area contributed by atoms with Gasteiger partial charge in [0, 0.05) is 36.0 Å². The summed E-state index contributed by atoms with van der Waals surface area (Å²) in [5.41, 5.74) is 0.845. The molecule has 0 unspecified atom stereocenters. The number of amides is 1. The van der Waals surface area contributed by atoms with Gasteiger partial charge in [-0.3, -0.25) is 4.79 Å². The van der Waals surface area contributed by atoms with E-state index in [2.05, 4.69) is 22.4 Å². The average Bonchev–Trinajstić information content (AvgIpc) is 3.14. The van der Waals surface area contributed by atoms with E-state index in [4.69, 9.17) is 16.1 Å². The van der Waals surface area contributed by atoms with E-state index >= 15 is 0 Å². The number of benzene rings is 1. The van der Waals surface area contributed by atoms with Crippen molar-refractivity contribution in [3.63, 3.8) is 0 Å². The van der Waals surface area contributed by atoms with Gasteiger partial charge in [0.25, 0.3) is 0 Å². The Labute approximate surface area is 158 Å². The van der Waals surface area contributed by atoms with Crippen LogP contribution >= 0.6 is 11.6 Å². The molecule has 1 amide bonds. The van der Waals surface area contributed by atoms with Crippen LogP contribution in [0.4, 0.5) is 0 Å². The molecule has 2 aromatic rings. The van der Waals surface area contributed by atoms with E-state index in [1.807, 2.05) is 17.0 Å². The van der Waals surface area contributed by atoms with Gasteiger partial charge in [0.1, 0.15) is 0 Å². The number of carbonyl (C=O) groups excluding carboxylic acids is 1. The summed E-state index contributed by atoms with van der Waals surface area (Å²) in [6.07, 6.45) is 3.87. The normalized spacial score (nSPS) is 15.2. The van der Waals surface area contributed by atoms with E-state index in [1.165, 1.54) is 0 Å². The van der Waals surface area contributed by atoms with E-state index in [9.17, 15) is 4.79 Å². The van der Waals surface area contributed by atoms with Crippen molar-refractivity contribution in [1.29, 1.82) is 0 Å². The molecule has 0 aliphatic carbocycles. The second kappa shape index (κ2) is 9.14. The largest absolute Gasteiger partial charge is 0.340 e. The monoisotopic (exact) mass is 376 g/mol. The highest BCUT2D eigenvalue weighted by molar-refractivity contribution is 6.30. The minimum atomic E-state index is 0.171. The highest BCUT2D eigenvalue weighted by Crippen LogP contribution is 2.20. The molecule has 0 saturated carbocycles. The number of carbonyl (C=O) groups is 1. The second-order valence-corrected chi connectivity index (χ2v) is 7.02. The molecular formula is C19H25ClN4O2. The lowest BCUT2D eigenvalue weighted by Gasteiger charge is -2.34. The molecular weight excluding hydrogens is 352 g/mol. The molecule has 1 aliphatic heterocycles. The van der Waals surface area contributed by atoms with Crippen LogP contribution in [0.5, 0.6) is 0 Å². The van der Waals surface area contributed by atoms with Crippen LogP contribution in [0, 0.1) is 0 Å². The van der Waals surface area contributed by atoms with Crippen molar-refractivity contribution < 1.29 is 9.32 Å². The minimum Gasteiger partial charge on any atom is -0.340 e. The van der Waals surface area contributed by atoms with Crippen molar-refractivity contribution in [2.24, 2.45) is 0 Å². The van der Waals surface area contributed by atoms with Crippen LogP contribution in [0.1, 0.15) is 38.5 Å². The smallest absolute Gasteiger partial charge is 0.227 e. The van der Waals surface area contributed by atoms with Crippen LogP contribution in [-0.4, -0.2) is 46.6 Å². The maximum Gasteiger partial charge on any atom is 0.227 e. The molecule has 2 heterocycles. The van der Waals surface area contributed by atoms with Gasteiger partial charge in [0.15, 0.2) is 0 Å². The summed E-state index contributed by atoms with van der Waals surface area (Å²) in [4.78, 5) is 19.2. The third-order valence-electron chi connectivity index (χ3n) is 4.66. The van der Waals surface area contributed by atoms with Gasteiger partial charge in [-0.1, -0.05) is 23.7 Å². The Balaban J connectivity index is 1.58. The first kappa shape index (κ1) is 18.9. The highest BCUT2D eigenvalue weighted by atomic mass is 35.5. The lowest BCUT2D eigenvalue weighted by molar-refractivity contribution is -0.134. The zero-order chi connectivity index (χ0) is 18.4. The number of halogens is 1. The van der Waals surface area contributed by atoms with Crippen LogP contribution in [0.3, 0.4) is 0 Å². The molecule has 3 rings (SSSR count). The molecule has 1 fully saturated rings. The van der Waals surface area contributed by atoms with Gasteiger partial charge in [0.05, 0.1) is 0 Å². The van der Waals surface area contributed by atoms with Crippen LogP contribution in [-0.2, 0) is 11.2 Å². The number of nitrogens with zero attached hydrogens (tertiary/aromatic N) is 3. The van der Waals surface area contributed by atoms with Crippen molar-refractivity contribution >= 4 is 17.5 Å². The molecule has 0 atom stereocenters. The molecule has 26 heavy (non-hydrogen) atoms. The third-order valence-corrected chi connectivity index (χ3v) is 4.91. The summed E-state index contributed by atoms with van der Waals surface area (Å²) in [5.74, 6) is 1.18. The van der Waals surface area contributed by atoms with Crippen molar-refractivity contribution in [1.82, 2.24) is 20.4 Å². The van der Waals surface area contributed by atoms with Gasteiger partial charge in [0.2, 0.25) is 17.6 Å². The summed E-state index contributed by atoms with van der Waals surface area (Å²) in [7, 11) is 0. The number of rotatable bonds is 7. The predicted octanol–water partition coefficient (Wildman–Crippen LogP) is 3.31. The molecule has 1 aromatic heterocycles. The van der Waals surface area contributed by atoms with Gasteiger partial charge in [-0.2, -0.15) is 4.98 Å². The zero-order valence-corrected chi connectivity index (χ0v) is 15.8. The first-order valence-corrected chi connectivity index (χ1v) is 9.64. The Bertz CT molecular complexity index is 711. The molecule has 0 spiro atoms. The molecule has 0 radical (unpaired) electrons. The molecule has 1 N–H and O–H groups in total. The standard InChI is InChI=1S/C19H25ClN4O2/c1-2-13-24(16-9-11-21-12-10-16)18(25)8-7-17-22-19(23-26-17)14-3-5-15(20)6-4-14/h3-6,16,21H,2,7-13H2,1H3. The van der Waals surface area contributed by atoms with E-state index in [1.54, 1.807) is 12.1 Å². The first-order chi connectivity index (χ1) is 12.7. The number of piperidine rings is 1. The van der Waals surface area contributed by atoms with Gasteiger partial charge in [-0.15, -0.1) is 0 Å². The number of aromatic nitrogens is 2. The maximum atomic E-state index is 12.7. The van der Waals surface area contributed by atoms with Gasteiger partial charge in [-0.25, -0.2) is 0 Å². The first-order valence-electron chi connectivity index (χ1n) is 9.26. The summed E-state index contributed by atoms with van der Waals surface area (Å²) < 4.78 is 5.31. The molecule has 6 nitrogen and oxygen atoms in total. The number of nitrogens with one attached hydrogen (secondary N) is 1. The maximum absolute atomic E-state index is 12.7. The van der Waals surface area contributed by atoms with E-state index in [0.717, 1.165) is 44.5 Å². The van der Waals surface area contributed by atoms with Crippen LogP contribution < -0.4 is 5.32 Å².